The van der Waals surface area contributed by atoms with Crippen LogP contribution in [0.5, 0.6) is 0 Å². The van der Waals surface area contributed by atoms with Crippen molar-refractivity contribution in [3.8, 4) is 10.6 Å². The second kappa shape index (κ2) is 5.27. The van der Waals surface area contributed by atoms with E-state index in [2.05, 4.69) is 47.7 Å². The first kappa shape index (κ1) is 12.0. The number of aromatic nitrogens is 2. The largest absolute Gasteiger partial charge is 0.368 e. The van der Waals surface area contributed by atoms with Crippen molar-refractivity contribution >= 4 is 17.2 Å². The molecule has 0 aliphatic carbocycles. The van der Waals surface area contributed by atoms with Gasteiger partial charge in [0.05, 0.1) is 4.88 Å². The molecule has 0 aliphatic rings. The average Bonchev–Trinajstić information content (AvgIpc) is 2.85. The van der Waals surface area contributed by atoms with Crippen LogP contribution < -0.4 is 5.32 Å². The first-order chi connectivity index (χ1) is 8.24. The molecular formula is C13H17N3S. The van der Waals surface area contributed by atoms with Crippen LogP contribution in [0.1, 0.15) is 24.5 Å². The summed E-state index contributed by atoms with van der Waals surface area (Å²) in [7, 11) is 0. The molecule has 0 radical (unpaired) electrons. The van der Waals surface area contributed by atoms with E-state index in [0.717, 1.165) is 24.5 Å². The highest BCUT2D eigenvalue weighted by Gasteiger charge is 2.11. The highest BCUT2D eigenvalue weighted by atomic mass is 32.1. The molecule has 1 N–H and O–H groups in total. The van der Waals surface area contributed by atoms with Crippen molar-refractivity contribution in [1.82, 2.24) is 10.2 Å². The van der Waals surface area contributed by atoms with Gasteiger partial charge in [0.15, 0.2) is 5.82 Å². The molecule has 2 aromatic heterocycles. The van der Waals surface area contributed by atoms with E-state index < -0.39 is 0 Å². The summed E-state index contributed by atoms with van der Waals surface area (Å²) in [5.74, 6) is 0.907. The molecule has 3 nitrogen and oxygen atoms in total. The zero-order valence-electron chi connectivity index (χ0n) is 10.4. The summed E-state index contributed by atoms with van der Waals surface area (Å²) in [6.07, 6.45) is 1.09. The van der Waals surface area contributed by atoms with Crippen LogP contribution in [0.15, 0.2) is 17.5 Å². The summed E-state index contributed by atoms with van der Waals surface area (Å²) in [5.41, 5.74) is 3.40. The van der Waals surface area contributed by atoms with E-state index in [1.165, 1.54) is 16.0 Å². The molecule has 2 heterocycles. The van der Waals surface area contributed by atoms with Crippen molar-refractivity contribution in [2.24, 2.45) is 0 Å². The number of nitrogens with zero attached hydrogens (tertiary/aromatic N) is 2. The Kier molecular flexibility index (Phi) is 3.74. The van der Waals surface area contributed by atoms with E-state index in [9.17, 15) is 0 Å². The van der Waals surface area contributed by atoms with E-state index >= 15 is 0 Å². The van der Waals surface area contributed by atoms with E-state index in [-0.39, 0.29) is 0 Å². The van der Waals surface area contributed by atoms with Crippen molar-refractivity contribution in [2.45, 2.75) is 27.2 Å². The summed E-state index contributed by atoms with van der Waals surface area (Å²) in [4.78, 5) is 1.18. The predicted molar refractivity (Wildman–Crippen MR) is 73.6 cm³/mol. The average molecular weight is 247 g/mol. The third kappa shape index (κ3) is 2.47. The van der Waals surface area contributed by atoms with Gasteiger partial charge in [-0.05, 0) is 42.8 Å². The normalized spacial score (nSPS) is 10.5. The lowest BCUT2D eigenvalue weighted by molar-refractivity contribution is 0.933. The highest BCUT2D eigenvalue weighted by molar-refractivity contribution is 7.13. The molecule has 90 valence electrons. The Morgan fingerprint density at radius 3 is 2.71 bits per heavy atom. The van der Waals surface area contributed by atoms with Gasteiger partial charge in [-0.25, -0.2) is 0 Å². The number of hydrogen-bond acceptors (Lipinski definition) is 4. The van der Waals surface area contributed by atoms with Crippen molar-refractivity contribution in [3.05, 3.63) is 28.6 Å². The third-order valence-electron chi connectivity index (χ3n) is 2.82. The quantitative estimate of drug-likeness (QED) is 0.896. The van der Waals surface area contributed by atoms with Crippen LogP contribution >= 0.6 is 11.3 Å². The van der Waals surface area contributed by atoms with Crippen molar-refractivity contribution in [3.63, 3.8) is 0 Å². The molecule has 0 fully saturated rings. The minimum Gasteiger partial charge on any atom is -0.368 e. The molecule has 17 heavy (non-hydrogen) atoms. The monoisotopic (exact) mass is 247 g/mol. The van der Waals surface area contributed by atoms with Gasteiger partial charge < -0.3 is 5.32 Å². The van der Waals surface area contributed by atoms with Crippen LogP contribution in [0, 0.1) is 13.8 Å². The molecule has 0 bridgehead atoms. The molecule has 0 spiro atoms. The Labute approximate surface area is 106 Å². The first-order valence-electron chi connectivity index (χ1n) is 5.85. The summed E-state index contributed by atoms with van der Waals surface area (Å²) >= 11 is 1.70. The molecule has 0 atom stereocenters. The van der Waals surface area contributed by atoms with Gasteiger partial charge in [-0.2, -0.15) is 0 Å². The smallest absolute Gasteiger partial charge is 0.151 e. The number of thiophene rings is 1. The van der Waals surface area contributed by atoms with Gasteiger partial charge in [0.25, 0.3) is 0 Å². The van der Waals surface area contributed by atoms with E-state index in [4.69, 9.17) is 0 Å². The lowest BCUT2D eigenvalue weighted by Crippen LogP contribution is -2.07. The Morgan fingerprint density at radius 1 is 1.24 bits per heavy atom. The summed E-state index contributed by atoms with van der Waals surface area (Å²) in [5, 5.41) is 14.0. The van der Waals surface area contributed by atoms with Gasteiger partial charge >= 0.3 is 0 Å². The van der Waals surface area contributed by atoms with E-state index in [0.29, 0.717) is 0 Å². The van der Waals surface area contributed by atoms with E-state index in [1.54, 1.807) is 11.3 Å². The molecule has 0 amide bonds. The fourth-order valence-electron chi connectivity index (χ4n) is 1.66. The zero-order chi connectivity index (χ0) is 12.3. The maximum atomic E-state index is 4.33. The Balaban J connectivity index is 2.36. The SMILES string of the molecule is CCCNc1nnc(-c2cccs2)c(C)c1C. The van der Waals surface area contributed by atoms with Crippen LogP contribution in [-0.4, -0.2) is 16.7 Å². The number of anilines is 1. The fourth-order valence-corrected chi connectivity index (χ4v) is 2.43. The van der Waals surface area contributed by atoms with Crippen LogP contribution in [0.4, 0.5) is 5.82 Å². The molecule has 0 aromatic carbocycles. The van der Waals surface area contributed by atoms with E-state index in [1.807, 2.05) is 6.07 Å². The minimum atomic E-state index is 0.907. The molecule has 4 heteroatoms. The van der Waals surface area contributed by atoms with Crippen molar-refractivity contribution < 1.29 is 0 Å². The summed E-state index contributed by atoms with van der Waals surface area (Å²) < 4.78 is 0. The Hall–Kier alpha value is -1.42. The molecule has 0 saturated heterocycles. The van der Waals surface area contributed by atoms with Crippen LogP contribution in [0.25, 0.3) is 10.6 Å². The lowest BCUT2D eigenvalue weighted by Gasteiger charge is -2.11. The number of rotatable bonds is 4. The molecule has 2 aromatic rings. The van der Waals surface area contributed by atoms with Gasteiger partial charge in [0.2, 0.25) is 0 Å². The fraction of sp³-hybridized carbons (Fsp3) is 0.385. The molecule has 0 aliphatic heterocycles. The van der Waals surface area contributed by atoms with Crippen LogP contribution in [0.3, 0.4) is 0 Å². The third-order valence-corrected chi connectivity index (χ3v) is 3.70. The summed E-state index contributed by atoms with van der Waals surface area (Å²) in [6.45, 7) is 7.28. The molecule has 0 saturated carbocycles. The van der Waals surface area contributed by atoms with Gasteiger partial charge in [0, 0.05) is 6.54 Å². The molecular weight excluding hydrogens is 230 g/mol. The first-order valence-corrected chi connectivity index (χ1v) is 6.73. The summed E-state index contributed by atoms with van der Waals surface area (Å²) in [6, 6.07) is 4.12. The maximum absolute atomic E-state index is 4.33. The topological polar surface area (TPSA) is 37.8 Å². The minimum absolute atomic E-state index is 0.907. The van der Waals surface area contributed by atoms with Crippen molar-refractivity contribution in [2.75, 3.05) is 11.9 Å². The second-order valence-corrected chi connectivity index (χ2v) is 5.00. The van der Waals surface area contributed by atoms with Gasteiger partial charge in [-0.15, -0.1) is 21.5 Å². The Bertz CT molecular complexity index is 492. The van der Waals surface area contributed by atoms with Gasteiger partial charge in [0.1, 0.15) is 5.69 Å². The van der Waals surface area contributed by atoms with Gasteiger partial charge in [-0.3, -0.25) is 0 Å². The zero-order valence-corrected chi connectivity index (χ0v) is 11.3. The standard InChI is InChI=1S/C13H17N3S/c1-4-7-14-13-10(3)9(2)12(15-16-13)11-6-5-8-17-11/h5-6,8H,4,7H2,1-3H3,(H,14,16). The maximum Gasteiger partial charge on any atom is 0.151 e. The van der Waals surface area contributed by atoms with Gasteiger partial charge in [-0.1, -0.05) is 13.0 Å². The predicted octanol–water partition coefficient (Wildman–Crippen LogP) is 3.64. The number of nitrogens with one attached hydrogen (secondary N) is 1. The van der Waals surface area contributed by atoms with Crippen LogP contribution in [0.2, 0.25) is 0 Å². The molecule has 0 unspecified atom stereocenters. The lowest BCUT2D eigenvalue weighted by atomic mass is 10.1. The Morgan fingerprint density at radius 2 is 2.06 bits per heavy atom. The molecule has 2 rings (SSSR count). The van der Waals surface area contributed by atoms with Crippen molar-refractivity contribution in [1.29, 1.82) is 0 Å². The number of hydrogen-bond donors (Lipinski definition) is 1. The highest BCUT2D eigenvalue weighted by Crippen LogP contribution is 2.28. The second-order valence-electron chi connectivity index (χ2n) is 4.05. The van der Waals surface area contributed by atoms with Crippen LogP contribution in [-0.2, 0) is 0 Å².